The number of carbonyl (C=O) groups excluding carboxylic acids is 1. The molecule has 184 valence electrons. The first-order chi connectivity index (χ1) is 17.2. The fraction of sp³-hybridized carbons (Fsp3) is 0.111. The van der Waals surface area contributed by atoms with E-state index in [1.165, 1.54) is 6.07 Å². The maximum absolute atomic E-state index is 13.5. The Morgan fingerprint density at radius 3 is 2.36 bits per heavy atom. The van der Waals surface area contributed by atoms with Gasteiger partial charge in [-0.3, -0.25) is 0 Å². The summed E-state index contributed by atoms with van der Waals surface area (Å²) < 4.78 is 77.4. The van der Waals surface area contributed by atoms with Crippen LogP contribution in [0, 0.1) is 11.6 Å². The lowest BCUT2D eigenvalue weighted by molar-refractivity contribution is -0.138. The molecule has 0 bridgehead atoms. The largest absolute Gasteiger partial charge is 0.489 e. The normalized spacial score (nSPS) is 11.7. The fourth-order valence-corrected chi connectivity index (χ4v) is 3.55. The number of nitrogens with zero attached hydrogens (tertiary/aromatic N) is 1. The Balaban J connectivity index is 1.49. The number of alkyl halides is 3. The summed E-state index contributed by atoms with van der Waals surface area (Å²) in [7, 11) is 1.09. The number of halogens is 5. The van der Waals surface area contributed by atoms with Crippen molar-refractivity contribution in [1.29, 1.82) is 0 Å². The molecule has 0 amide bonds. The number of benzene rings is 3. The van der Waals surface area contributed by atoms with E-state index in [0.717, 1.165) is 36.9 Å². The highest BCUT2D eigenvalue weighted by Crippen LogP contribution is 2.34. The summed E-state index contributed by atoms with van der Waals surface area (Å²) in [6.45, 7) is -0.493. The molecule has 0 atom stereocenters. The molecule has 1 heterocycles. The molecule has 0 saturated heterocycles. The van der Waals surface area contributed by atoms with Gasteiger partial charge in [-0.25, -0.2) is 18.6 Å². The minimum atomic E-state index is -4.67. The van der Waals surface area contributed by atoms with E-state index in [-0.39, 0.29) is 11.1 Å². The lowest BCUT2D eigenvalue weighted by Crippen LogP contribution is -2.16. The third kappa shape index (κ3) is 5.51. The standard InChI is InChI=1S/C27H18F5NO3/c1-35-26(34)20-3-2-4-22(27(30,31)32)21(20)15-36-19-11-6-16(7-12-19)5-9-18-10-8-17-13-23(28)24(29)14-25(17)33-18/h2-14H,15H2,1H3/b9-5+. The average molecular weight is 499 g/mol. The lowest BCUT2D eigenvalue weighted by Gasteiger charge is -2.16. The van der Waals surface area contributed by atoms with Crippen LogP contribution in [0.3, 0.4) is 0 Å². The van der Waals surface area contributed by atoms with Crippen molar-refractivity contribution in [3.05, 3.63) is 106 Å². The Morgan fingerprint density at radius 2 is 1.67 bits per heavy atom. The number of hydrogen-bond donors (Lipinski definition) is 0. The predicted molar refractivity (Wildman–Crippen MR) is 124 cm³/mol. The van der Waals surface area contributed by atoms with Gasteiger partial charge in [-0.2, -0.15) is 13.2 Å². The number of methoxy groups -OCH3 is 1. The van der Waals surface area contributed by atoms with Crippen molar-refractivity contribution in [2.75, 3.05) is 7.11 Å². The van der Waals surface area contributed by atoms with Crippen LogP contribution in [0.1, 0.15) is 32.7 Å². The third-order valence-electron chi connectivity index (χ3n) is 5.35. The summed E-state index contributed by atoms with van der Waals surface area (Å²) in [5.41, 5.74) is 0.0472. The van der Waals surface area contributed by atoms with Gasteiger partial charge in [0.25, 0.3) is 0 Å². The molecule has 4 aromatic rings. The van der Waals surface area contributed by atoms with Gasteiger partial charge >= 0.3 is 12.1 Å². The van der Waals surface area contributed by atoms with Crippen LogP contribution in [0.5, 0.6) is 5.75 Å². The first-order valence-corrected chi connectivity index (χ1v) is 10.6. The van der Waals surface area contributed by atoms with Crippen molar-refractivity contribution in [2.45, 2.75) is 12.8 Å². The van der Waals surface area contributed by atoms with Gasteiger partial charge in [0.05, 0.1) is 29.4 Å². The van der Waals surface area contributed by atoms with Crippen molar-refractivity contribution in [1.82, 2.24) is 4.98 Å². The number of rotatable bonds is 6. The minimum Gasteiger partial charge on any atom is -0.489 e. The summed E-state index contributed by atoms with van der Waals surface area (Å²) in [6, 6.07) is 15.1. The topological polar surface area (TPSA) is 48.4 Å². The first-order valence-electron chi connectivity index (χ1n) is 10.6. The van der Waals surface area contributed by atoms with E-state index in [2.05, 4.69) is 9.72 Å². The number of carbonyl (C=O) groups is 1. The first kappa shape index (κ1) is 24.8. The van der Waals surface area contributed by atoms with Crippen LogP contribution in [0.2, 0.25) is 0 Å². The molecule has 3 aromatic carbocycles. The molecule has 0 aliphatic rings. The summed E-state index contributed by atoms with van der Waals surface area (Å²) in [6.07, 6.45) is -1.26. The zero-order chi connectivity index (χ0) is 25.9. The maximum Gasteiger partial charge on any atom is 0.416 e. The van der Waals surface area contributed by atoms with Crippen LogP contribution in [0.15, 0.2) is 66.7 Å². The molecule has 0 aliphatic carbocycles. The van der Waals surface area contributed by atoms with Gasteiger partial charge in [-0.15, -0.1) is 0 Å². The summed E-state index contributed by atoms with van der Waals surface area (Å²) >= 11 is 0. The second kappa shape index (κ2) is 10.2. The van der Waals surface area contributed by atoms with E-state index >= 15 is 0 Å². The highest BCUT2D eigenvalue weighted by molar-refractivity contribution is 5.91. The molecule has 9 heteroatoms. The monoisotopic (exact) mass is 499 g/mol. The summed E-state index contributed by atoms with van der Waals surface area (Å²) in [5, 5.41) is 0.468. The van der Waals surface area contributed by atoms with Gasteiger partial charge in [0.15, 0.2) is 11.6 Å². The summed E-state index contributed by atoms with van der Waals surface area (Å²) in [4.78, 5) is 16.3. The van der Waals surface area contributed by atoms with E-state index in [9.17, 15) is 26.7 Å². The Hall–Kier alpha value is -4.27. The smallest absolute Gasteiger partial charge is 0.416 e. The average Bonchev–Trinajstić information content (AvgIpc) is 2.86. The Kier molecular flexibility index (Phi) is 7.00. The van der Waals surface area contributed by atoms with Crippen molar-refractivity contribution in [2.24, 2.45) is 0 Å². The number of fused-ring (bicyclic) bond motifs is 1. The molecule has 0 spiro atoms. The van der Waals surface area contributed by atoms with Crippen molar-refractivity contribution in [3.8, 4) is 5.75 Å². The number of pyridine rings is 1. The number of aromatic nitrogens is 1. The van der Waals surface area contributed by atoms with Gasteiger partial charge < -0.3 is 9.47 Å². The summed E-state index contributed by atoms with van der Waals surface area (Å²) in [5.74, 6) is -2.53. The fourth-order valence-electron chi connectivity index (χ4n) is 3.55. The second-order valence-corrected chi connectivity index (χ2v) is 7.71. The highest BCUT2D eigenvalue weighted by Gasteiger charge is 2.35. The van der Waals surface area contributed by atoms with E-state index in [1.807, 2.05) is 0 Å². The van der Waals surface area contributed by atoms with E-state index < -0.39 is 36.0 Å². The van der Waals surface area contributed by atoms with Crippen molar-refractivity contribution < 1.29 is 36.2 Å². The SMILES string of the molecule is COC(=O)c1cccc(C(F)(F)F)c1COc1ccc(/C=C/c2ccc3cc(F)c(F)cc3n2)cc1. The third-order valence-corrected chi connectivity index (χ3v) is 5.35. The molecule has 0 aliphatic heterocycles. The molecule has 0 fully saturated rings. The quantitative estimate of drug-likeness (QED) is 0.210. The van der Waals surface area contributed by atoms with Gasteiger partial charge in [0, 0.05) is 17.0 Å². The zero-order valence-corrected chi connectivity index (χ0v) is 18.8. The number of hydrogen-bond acceptors (Lipinski definition) is 4. The molecular weight excluding hydrogens is 481 g/mol. The lowest BCUT2D eigenvalue weighted by atomic mass is 10.0. The van der Waals surface area contributed by atoms with Crippen molar-refractivity contribution >= 4 is 29.0 Å². The van der Waals surface area contributed by atoms with Crippen LogP contribution in [-0.2, 0) is 17.5 Å². The van der Waals surface area contributed by atoms with E-state index in [0.29, 0.717) is 22.3 Å². The van der Waals surface area contributed by atoms with E-state index in [4.69, 9.17) is 4.74 Å². The zero-order valence-electron chi connectivity index (χ0n) is 18.8. The maximum atomic E-state index is 13.5. The number of esters is 1. The van der Waals surface area contributed by atoms with Gasteiger partial charge in [0.1, 0.15) is 12.4 Å². The molecule has 36 heavy (non-hydrogen) atoms. The molecule has 0 unspecified atom stereocenters. The predicted octanol–water partition coefficient (Wildman–Crippen LogP) is 7.07. The van der Waals surface area contributed by atoms with Crippen LogP contribution in [0.25, 0.3) is 23.1 Å². The van der Waals surface area contributed by atoms with Crippen molar-refractivity contribution in [3.63, 3.8) is 0 Å². The van der Waals surface area contributed by atoms with Crippen LogP contribution in [0.4, 0.5) is 22.0 Å². The minimum absolute atomic E-state index is 0.225. The van der Waals surface area contributed by atoms with Gasteiger partial charge in [-0.1, -0.05) is 30.3 Å². The molecule has 0 radical (unpaired) electrons. The Bertz CT molecular complexity index is 1450. The van der Waals surface area contributed by atoms with Crippen LogP contribution < -0.4 is 4.74 Å². The second-order valence-electron chi connectivity index (χ2n) is 7.71. The Morgan fingerprint density at radius 1 is 0.944 bits per heavy atom. The molecule has 4 nitrogen and oxygen atoms in total. The van der Waals surface area contributed by atoms with Gasteiger partial charge in [0.2, 0.25) is 0 Å². The van der Waals surface area contributed by atoms with Crippen LogP contribution in [-0.4, -0.2) is 18.1 Å². The molecule has 0 saturated carbocycles. The molecule has 0 N–H and O–H groups in total. The van der Waals surface area contributed by atoms with Crippen LogP contribution >= 0.6 is 0 Å². The molecule has 1 aromatic heterocycles. The molecular formula is C27H18F5NO3. The highest BCUT2D eigenvalue weighted by atomic mass is 19.4. The van der Waals surface area contributed by atoms with E-state index in [1.54, 1.807) is 48.6 Å². The van der Waals surface area contributed by atoms with Gasteiger partial charge in [-0.05, 0) is 48.0 Å². The number of ether oxygens (including phenoxy) is 2. The Labute approximate surface area is 202 Å². The molecule has 4 rings (SSSR count).